The van der Waals surface area contributed by atoms with Crippen LogP contribution in [0.3, 0.4) is 0 Å². The number of guanidine groups is 1. The number of rotatable bonds is 7. The molecule has 0 unspecified atom stereocenters. The molecule has 0 atom stereocenters. The van der Waals surface area contributed by atoms with Crippen LogP contribution in [-0.4, -0.2) is 27.2 Å². The summed E-state index contributed by atoms with van der Waals surface area (Å²) in [6, 6.07) is 16.2. The lowest BCUT2D eigenvalue weighted by atomic mass is 10.1. The van der Waals surface area contributed by atoms with Gasteiger partial charge in [0, 0.05) is 27.2 Å². The van der Waals surface area contributed by atoms with Crippen molar-refractivity contribution in [2.24, 2.45) is 4.99 Å². The van der Waals surface area contributed by atoms with Crippen molar-refractivity contribution in [3.63, 3.8) is 0 Å². The molecule has 0 bridgehead atoms. The molecule has 5 nitrogen and oxygen atoms in total. The third-order valence-corrected chi connectivity index (χ3v) is 3.71. The molecule has 0 aliphatic carbocycles. The van der Waals surface area contributed by atoms with Crippen LogP contribution < -0.4 is 15.4 Å². The zero-order valence-electron chi connectivity index (χ0n) is 14.9. The second kappa shape index (κ2) is 11.7. The summed E-state index contributed by atoms with van der Waals surface area (Å²) in [4.78, 5) is 4.27. The minimum absolute atomic E-state index is 0. The van der Waals surface area contributed by atoms with Crippen molar-refractivity contribution in [2.75, 3.05) is 21.3 Å². The van der Waals surface area contributed by atoms with Crippen molar-refractivity contribution in [2.45, 2.75) is 19.7 Å². The molecule has 0 fully saturated rings. The van der Waals surface area contributed by atoms with Crippen molar-refractivity contribution in [1.29, 1.82) is 0 Å². The molecule has 6 heteroatoms. The number of halogens is 1. The van der Waals surface area contributed by atoms with Crippen molar-refractivity contribution in [1.82, 2.24) is 10.6 Å². The second-order valence-electron chi connectivity index (χ2n) is 5.33. The lowest BCUT2D eigenvalue weighted by molar-refractivity contribution is 0.184. The van der Waals surface area contributed by atoms with Crippen LogP contribution in [-0.2, 0) is 24.4 Å². The van der Waals surface area contributed by atoms with Gasteiger partial charge in [-0.05, 0) is 28.8 Å². The number of aliphatic imine (C=N–C) groups is 1. The quantitative estimate of drug-likeness (QED) is 0.382. The van der Waals surface area contributed by atoms with Gasteiger partial charge < -0.3 is 20.1 Å². The summed E-state index contributed by atoms with van der Waals surface area (Å²) in [6.07, 6.45) is 0. The van der Waals surface area contributed by atoms with E-state index >= 15 is 0 Å². The molecule has 0 aliphatic rings. The SMILES string of the molecule is CN=C(NCc1ccc(OC)cc1)NCc1ccccc1COC.I. The van der Waals surface area contributed by atoms with Crippen molar-refractivity contribution in [3.05, 3.63) is 65.2 Å². The molecular weight excluding hydrogens is 429 g/mol. The van der Waals surface area contributed by atoms with Gasteiger partial charge in [-0.1, -0.05) is 36.4 Å². The molecular formula is C19H26IN3O2. The molecule has 0 radical (unpaired) electrons. The summed E-state index contributed by atoms with van der Waals surface area (Å²) in [7, 11) is 5.14. The first-order valence-electron chi connectivity index (χ1n) is 7.90. The third kappa shape index (κ3) is 6.91. The van der Waals surface area contributed by atoms with Crippen LogP contribution >= 0.6 is 24.0 Å². The van der Waals surface area contributed by atoms with Crippen molar-refractivity contribution in [3.8, 4) is 5.75 Å². The van der Waals surface area contributed by atoms with E-state index < -0.39 is 0 Å². The van der Waals surface area contributed by atoms with Crippen LogP contribution in [0.2, 0.25) is 0 Å². The minimum Gasteiger partial charge on any atom is -0.497 e. The van der Waals surface area contributed by atoms with Gasteiger partial charge in [0.25, 0.3) is 0 Å². The molecule has 2 N–H and O–H groups in total. The number of nitrogens with zero attached hydrogens (tertiary/aromatic N) is 1. The molecule has 0 saturated heterocycles. The monoisotopic (exact) mass is 455 g/mol. The van der Waals surface area contributed by atoms with Gasteiger partial charge in [0.15, 0.2) is 5.96 Å². The molecule has 2 aromatic rings. The lowest BCUT2D eigenvalue weighted by Gasteiger charge is -2.14. The van der Waals surface area contributed by atoms with Gasteiger partial charge in [0.05, 0.1) is 13.7 Å². The number of hydrogen-bond donors (Lipinski definition) is 2. The predicted molar refractivity (Wildman–Crippen MR) is 113 cm³/mol. The number of ether oxygens (including phenoxy) is 2. The number of benzene rings is 2. The normalized spacial score (nSPS) is 10.8. The third-order valence-electron chi connectivity index (χ3n) is 3.71. The van der Waals surface area contributed by atoms with Gasteiger partial charge >= 0.3 is 0 Å². The van der Waals surface area contributed by atoms with E-state index in [2.05, 4.69) is 27.8 Å². The highest BCUT2D eigenvalue weighted by Crippen LogP contribution is 2.11. The molecule has 2 rings (SSSR count). The lowest BCUT2D eigenvalue weighted by Crippen LogP contribution is -2.36. The smallest absolute Gasteiger partial charge is 0.191 e. The minimum atomic E-state index is 0. The zero-order valence-corrected chi connectivity index (χ0v) is 17.2. The molecule has 0 saturated carbocycles. The van der Waals surface area contributed by atoms with E-state index in [4.69, 9.17) is 9.47 Å². The Labute approximate surface area is 166 Å². The highest BCUT2D eigenvalue weighted by Gasteiger charge is 2.03. The van der Waals surface area contributed by atoms with Gasteiger partial charge in [-0.2, -0.15) is 0 Å². The highest BCUT2D eigenvalue weighted by atomic mass is 127. The van der Waals surface area contributed by atoms with E-state index in [1.165, 1.54) is 16.7 Å². The number of nitrogens with one attached hydrogen (secondary N) is 2. The Hall–Kier alpha value is -1.80. The fraction of sp³-hybridized carbons (Fsp3) is 0.316. The molecule has 0 amide bonds. The Bertz CT molecular complexity index is 660. The van der Waals surface area contributed by atoms with Gasteiger partial charge in [-0.15, -0.1) is 24.0 Å². The number of hydrogen-bond acceptors (Lipinski definition) is 3. The van der Waals surface area contributed by atoms with E-state index in [0.717, 1.165) is 11.7 Å². The molecule has 2 aromatic carbocycles. The Morgan fingerprint density at radius 1 is 0.920 bits per heavy atom. The molecule has 0 spiro atoms. The fourth-order valence-corrected chi connectivity index (χ4v) is 2.35. The molecule has 0 aromatic heterocycles. The number of methoxy groups -OCH3 is 2. The first-order valence-corrected chi connectivity index (χ1v) is 7.90. The molecule has 0 heterocycles. The maximum Gasteiger partial charge on any atom is 0.191 e. The summed E-state index contributed by atoms with van der Waals surface area (Å²) in [6.45, 7) is 2.00. The zero-order chi connectivity index (χ0) is 17.2. The maximum atomic E-state index is 5.24. The summed E-state index contributed by atoms with van der Waals surface area (Å²) >= 11 is 0. The molecule has 0 aliphatic heterocycles. The average Bonchev–Trinajstić information content (AvgIpc) is 2.64. The van der Waals surface area contributed by atoms with E-state index in [1.54, 1.807) is 21.3 Å². The second-order valence-corrected chi connectivity index (χ2v) is 5.33. The predicted octanol–water partition coefficient (Wildman–Crippen LogP) is 3.32. The van der Waals surface area contributed by atoms with Crippen LogP contribution in [0.25, 0.3) is 0 Å². The largest absolute Gasteiger partial charge is 0.497 e. The topological polar surface area (TPSA) is 54.9 Å². The van der Waals surface area contributed by atoms with E-state index in [1.807, 2.05) is 36.4 Å². The van der Waals surface area contributed by atoms with E-state index in [0.29, 0.717) is 19.7 Å². The maximum absolute atomic E-state index is 5.24. The van der Waals surface area contributed by atoms with Gasteiger partial charge in [0.1, 0.15) is 5.75 Å². The van der Waals surface area contributed by atoms with Crippen molar-refractivity contribution < 1.29 is 9.47 Å². The summed E-state index contributed by atoms with van der Waals surface area (Å²) in [5.74, 6) is 1.62. The van der Waals surface area contributed by atoms with E-state index in [-0.39, 0.29) is 24.0 Å². The highest BCUT2D eigenvalue weighted by molar-refractivity contribution is 14.0. The summed E-state index contributed by atoms with van der Waals surface area (Å²) in [5.41, 5.74) is 3.54. The summed E-state index contributed by atoms with van der Waals surface area (Å²) < 4.78 is 10.4. The van der Waals surface area contributed by atoms with Crippen molar-refractivity contribution >= 4 is 29.9 Å². The van der Waals surface area contributed by atoms with Gasteiger partial charge in [0.2, 0.25) is 0 Å². The van der Waals surface area contributed by atoms with Crippen LogP contribution in [0.4, 0.5) is 0 Å². The molecule has 136 valence electrons. The first-order chi connectivity index (χ1) is 11.8. The Morgan fingerprint density at radius 3 is 2.16 bits per heavy atom. The molecule has 25 heavy (non-hydrogen) atoms. The van der Waals surface area contributed by atoms with Crippen LogP contribution in [0.15, 0.2) is 53.5 Å². The van der Waals surface area contributed by atoms with Crippen LogP contribution in [0.1, 0.15) is 16.7 Å². The Kier molecular flexibility index (Phi) is 9.94. The van der Waals surface area contributed by atoms with Gasteiger partial charge in [-0.25, -0.2) is 0 Å². The van der Waals surface area contributed by atoms with Gasteiger partial charge in [-0.3, -0.25) is 4.99 Å². The average molecular weight is 455 g/mol. The Morgan fingerprint density at radius 2 is 1.56 bits per heavy atom. The fourth-order valence-electron chi connectivity index (χ4n) is 2.35. The summed E-state index contributed by atoms with van der Waals surface area (Å²) in [5, 5.41) is 6.65. The van der Waals surface area contributed by atoms with E-state index in [9.17, 15) is 0 Å². The van der Waals surface area contributed by atoms with Crippen LogP contribution in [0, 0.1) is 0 Å². The Balaban J connectivity index is 0.00000312. The first kappa shape index (κ1) is 21.2. The van der Waals surface area contributed by atoms with Crippen LogP contribution in [0.5, 0.6) is 5.75 Å². The standard InChI is InChI=1S/C19H25N3O2.HI/c1-20-19(21-12-15-8-10-18(24-3)11-9-15)22-13-16-6-4-5-7-17(16)14-23-2;/h4-11H,12-14H2,1-3H3,(H2,20,21,22);1H.